The van der Waals surface area contributed by atoms with Crippen molar-refractivity contribution in [1.82, 2.24) is 9.78 Å². The number of carboxylic acid groups (broad SMARTS) is 1. The summed E-state index contributed by atoms with van der Waals surface area (Å²) in [6.45, 7) is 1.55. The fourth-order valence-corrected chi connectivity index (χ4v) is 1.67. The van der Waals surface area contributed by atoms with Gasteiger partial charge in [-0.3, -0.25) is 0 Å². The van der Waals surface area contributed by atoms with Gasteiger partial charge in [-0.05, 0) is 31.2 Å². The van der Waals surface area contributed by atoms with Crippen LogP contribution in [0.1, 0.15) is 16.1 Å². The number of aromatic nitrogens is 2. The van der Waals surface area contributed by atoms with Crippen molar-refractivity contribution in [3.63, 3.8) is 0 Å². The zero-order chi connectivity index (χ0) is 14.9. The average molecular weight is 286 g/mol. The summed E-state index contributed by atoms with van der Waals surface area (Å²) in [6, 6.07) is 4.97. The van der Waals surface area contributed by atoms with E-state index in [1.807, 2.05) is 0 Å². The highest BCUT2D eigenvalue weighted by Gasteiger charge is 2.31. The first-order chi connectivity index (χ1) is 9.28. The van der Waals surface area contributed by atoms with Crippen LogP contribution < -0.4 is 4.74 Å². The van der Waals surface area contributed by atoms with Crippen LogP contribution in [0.25, 0.3) is 5.69 Å². The molecular formula is C12H9F3N2O3. The topological polar surface area (TPSA) is 64.3 Å². The molecule has 0 atom stereocenters. The van der Waals surface area contributed by atoms with E-state index < -0.39 is 12.3 Å². The molecule has 0 bridgehead atoms. The van der Waals surface area contributed by atoms with Crippen LogP contribution in [0, 0.1) is 6.92 Å². The molecule has 20 heavy (non-hydrogen) atoms. The average Bonchev–Trinajstić information content (AvgIpc) is 2.70. The molecule has 0 amide bonds. The molecule has 0 aliphatic rings. The minimum absolute atomic E-state index is 0.0284. The van der Waals surface area contributed by atoms with E-state index in [9.17, 15) is 18.0 Å². The molecule has 0 spiro atoms. The summed E-state index contributed by atoms with van der Waals surface area (Å²) >= 11 is 0. The van der Waals surface area contributed by atoms with Gasteiger partial charge < -0.3 is 9.84 Å². The number of nitrogens with zero attached hydrogens (tertiary/aromatic N) is 2. The van der Waals surface area contributed by atoms with Crippen LogP contribution in [0.3, 0.4) is 0 Å². The summed E-state index contributed by atoms with van der Waals surface area (Å²) < 4.78 is 41.1. The molecule has 0 saturated heterocycles. The highest BCUT2D eigenvalue weighted by Crippen LogP contribution is 2.24. The van der Waals surface area contributed by atoms with Crippen LogP contribution in [-0.2, 0) is 0 Å². The van der Waals surface area contributed by atoms with Crippen LogP contribution >= 0.6 is 0 Å². The predicted octanol–water partition coefficient (Wildman–Crippen LogP) is 2.78. The molecule has 5 nitrogen and oxygen atoms in total. The Morgan fingerprint density at radius 1 is 1.30 bits per heavy atom. The number of alkyl halides is 3. The van der Waals surface area contributed by atoms with Gasteiger partial charge in [-0.1, -0.05) is 0 Å². The van der Waals surface area contributed by atoms with Crippen LogP contribution in [0.5, 0.6) is 5.75 Å². The number of carbonyl (C=O) groups is 1. The zero-order valence-electron chi connectivity index (χ0n) is 10.2. The first kappa shape index (κ1) is 13.9. The van der Waals surface area contributed by atoms with Crippen LogP contribution in [0.2, 0.25) is 0 Å². The van der Waals surface area contributed by atoms with E-state index in [2.05, 4.69) is 9.84 Å². The SMILES string of the molecule is Cc1c(C(=O)O)cnn1-c1ccc(OC(F)(F)F)cc1. The van der Waals surface area contributed by atoms with Crippen molar-refractivity contribution in [2.24, 2.45) is 0 Å². The summed E-state index contributed by atoms with van der Waals surface area (Å²) in [5.74, 6) is -1.48. The zero-order valence-corrected chi connectivity index (χ0v) is 10.2. The first-order valence-corrected chi connectivity index (χ1v) is 5.42. The molecule has 0 unspecified atom stereocenters. The van der Waals surface area contributed by atoms with Gasteiger partial charge in [-0.2, -0.15) is 5.10 Å². The molecule has 8 heteroatoms. The van der Waals surface area contributed by atoms with E-state index in [0.717, 1.165) is 12.1 Å². The van der Waals surface area contributed by atoms with Crippen LogP contribution in [0.4, 0.5) is 13.2 Å². The lowest BCUT2D eigenvalue weighted by Gasteiger charge is -2.10. The molecule has 1 aromatic heterocycles. The fraction of sp³-hybridized carbons (Fsp3) is 0.167. The van der Waals surface area contributed by atoms with Crippen molar-refractivity contribution in [1.29, 1.82) is 0 Å². The Balaban J connectivity index is 2.29. The molecule has 2 rings (SSSR count). The number of carboxylic acids is 1. The summed E-state index contributed by atoms with van der Waals surface area (Å²) in [6.07, 6.45) is -3.57. The van der Waals surface area contributed by atoms with Crippen molar-refractivity contribution >= 4 is 5.97 Å². The maximum atomic E-state index is 12.0. The normalized spacial score (nSPS) is 11.4. The van der Waals surface area contributed by atoms with E-state index in [4.69, 9.17) is 5.11 Å². The highest BCUT2D eigenvalue weighted by molar-refractivity contribution is 5.88. The summed E-state index contributed by atoms with van der Waals surface area (Å²) in [5.41, 5.74) is 0.840. The van der Waals surface area contributed by atoms with Crippen molar-refractivity contribution in [3.05, 3.63) is 41.7 Å². The quantitative estimate of drug-likeness (QED) is 0.942. The number of rotatable bonds is 3. The largest absolute Gasteiger partial charge is 0.573 e. The molecule has 2 aromatic rings. The van der Waals surface area contributed by atoms with Crippen molar-refractivity contribution in [2.45, 2.75) is 13.3 Å². The minimum atomic E-state index is -4.75. The Labute approximate surface area is 111 Å². The molecule has 1 N–H and O–H groups in total. The van der Waals surface area contributed by atoms with Gasteiger partial charge in [0.25, 0.3) is 0 Å². The third kappa shape index (κ3) is 2.90. The second-order valence-corrected chi connectivity index (χ2v) is 3.90. The standard InChI is InChI=1S/C12H9F3N2O3/c1-7-10(11(18)19)6-16-17(7)8-2-4-9(5-3-8)20-12(13,14)15/h2-6H,1H3,(H,18,19). The second kappa shape index (κ2) is 4.87. The predicted molar refractivity (Wildman–Crippen MR) is 61.9 cm³/mol. The maximum absolute atomic E-state index is 12.0. The van der Waals surface area contributed by atoms with E-state index >= 15 is 0 Å². The molecule has 1 heterocycles. The van der Waals surface area contributed by atoms with Crippen molar-refractivity contribution in [3.8, 4) is 11.4 Å². The third-order valence-corrected chi connectivity index (χ3v) is 2.56. The lowest BCUT2D eigenvalue weighted by atomic mass is 10.2. The monoisotopic (exact) mass is 286 g/mol. The Bertz CT molecular complexity index is 632. The number of benzene rings is 1. The summed E-state index contributed by atoms with van der Waals surface area (Å²) in [4.78, 5) is 10.9. The Morgan fingerprint density at radius 3 is 2.35 bits per heavy atom. The fourth-order valence-electron chi connectivity index (χ4n) is 1.67. The van der Waals surface area contributed by atoms with Gasteiger partial charge in [0.15, 0.2) is 0 Å². The highest BCUT2D eigenvalue weighted by atomic mass is 19.4. The molecule has 0 saturated carbocycles. The van der Waals surface area contributed by atoms with Crippen LogP contribution in [-0.4, -0.2) is 27.2 Å². The molecule has 1 aromatic carbocycles. The summed E-state index contributed by atoms with van der Waals surface area (Å²) in [7, 11) is 0. The van der Waals surface area contributed by atoms with Gasteiger partial charge in [-0.25, -0.2) is 9.48 Å². The van der Waals surface area contributed by atoms with Gasteiger partial charge in [0, 0.05) is 0 Å². The minimum Gasteiger partial charge on any atom is -0.478 e. The number of hydrogen-bond acceptors (Lipinski definition) is 3. The molecule has 0 radical (unpaired) electrons. The van der Waals surface area contributed by atoms with Gasteiger partial charge in [-0.15, -0.1) is 13.2 Å². The van der Waals surface area contributed by atoms with E-state index in [1.54, 1.807) is 6.92 Å². The number of ether oxygens (including phenoxy) is 1. The molecule has 106 valence electrons. The Morgan fingerprint density at radius 2 is 1.90 bits per heavy atom. The lowest BCUT2D eigenvalue weighted by Crippen LogP contribution is -2.17. The number of halogens is 3. The molecule has 0 aliphatic carbocycles. The Hall–Kier alpha value is -2.51. The third-order valence-electron chi connectivity index (χ3n) is 2.56. The second-order valence-electron chi connectivity index (χ2n) is 3.90. The summed E-state index contributed by atoms with van der Waals surface area (Å²) in [5, 5.41) is 12.8. The molecule has 0 aliphatic heterocycles. The maximum Gasteiger partial charge on any atom is 0.573 e. The van der Waals surface area contributed by atoms with Gasteiger partial charge in [0.05, 0.1) is 17.6 Å². The van der Waals surface area contributed by atoms with E-state index in [0.29, 0.717) is 11.4 Å². The van der Waals surface area contributed by atoms with Crippen molar-refractivity contribution in [2.75, 3.05) is 0 Å². The van der Waals surface area contributed by atoms with E-state index in [-0.39, 0.29) is 11.3 Å². The molecular weight excluding hydrogens is 277 g/mol. The van der Waals surface area contributed by atoms with Gasteiger partial charge in [0.1, 0.15) is 11.3 Å². The van der Waals surface area contributed by atoms with Crippen molar-refractivity contribution < 1.29 is 27.8 Å². The number of hydrogen-bond donors (Lipinski definition) is 1. The smallest absolute Gasteiger partial charge is 0.478 e. The van der Waals surface area contributed by atoms with E-state index in [1.165, 1.54) is 23.0 Å². The van der Waals surface area contributed by atoms with Gasteiger partial charge >= 0.3 is 12.3 Å². The molecule has 0 fully saturated rings. The van der Waals surface area contributed by atoms with Crippen LogP contribution in [0.15, 0.2) is 30.5 Å². The Kier molecular flexibility index (Phi) is 3.39. The lowest BCUT2D eigenvalue weighted by molar-refractivity contribution is -0.274. The van der Waals surface area contributed by atoms with Gasteiger partial charge in [0.2, 0.25) is 0 Å². The first-order valence-electron chi connectivity index (χ1n) is 5.42. The number of aromatic carboxylic acids is 1.